The normalized spacial score (nSPS) is 29.5. The van der Waals surface area contributed by atoms with Crippen LogP contribution in [0.3, 0.4) is 0 Å². The van der Waals surface area contributed by atoms with Gasteiger partial charge in [-0.15, -0.1) is 0 Å². The van der Waals surface area contributed by atoms with E-state index in [9.17, 15) is 0 Å². The lowest BCUT2D eigenvalue weighted by atomic mass is 10.0. The average Bonchev–Trinajstić information content (AvgIpc) is 2.63. The van der Waals surface area contributed by atoms with E-state index in [1.807, 2.05) is 0 Å². The predicted molar refractivity (Wildman–Crippen MR) is 73.3 cm³/mol. The lowest BCUT2D eigenvalue weighted by molar-refractivity contribution is 0.154. The van der Waals surface area contributed by atoms with Gasteiger partial charge < -0.3 is 10.2 Å². The lowest BCUT2D eigenvalue weighted by Gasteiger charge is -2.32. The van der Waals surface area contributed by atoms with Crippen molar-refractivity contribution in [2.75, 3.05) is 46.3 Å². The molecule has 0 bridgehead atoms. The van der Waals surface area contributed by atoms with Gasteiger partial charge in [0.1, 0.15) is 0 Å². The first-order chi connectivity index (χ1) is 7.85. The van der Waals surface area contributed by atoms with Crippen molar-refractivity contribution in [3.05, 3.63) is 0 Å². The topological polar surface area (TPSA) is 18.5 Å². The predicted octanol–water partition coefficient (Wildman–Crippen LogP) is 1.26. The molecule has 2 aliphatic rings. The number of hydrogen-bond donors (Lipinski definition) is 1. The van der Waals surface area contributed by atoms with Gasteiger partial charge in [-0.2, -0.15) is 0 Å². The molecule has 17 heavy (non-hydrogen) atoms. The molecule has 100 valence electrons. The summed E-state index contributed by atoms with van der Waals surface area (Å²) in [7, 11) is 2.21. The van der Waals surface area contributed by atoms with Gasteiger partial charge in [0.05, 0.1) is 0 Å². The van der Waals surface area contributed by atoms with Crippen LogP contribution in [0.2, 0.25) is 0 Å². The van der Waals surface area contributed by atoms with Crippen LogP contribution in [0.15, 0.2) is 0 Å². The Bertz CT molecular complexity index is 251. The summed E-state index contributed by atoms with van der Waals surface area (Å²) in [6.45, 7) is 16.8. The zero-order chi connectivity index (χ0) is 12.7. The molecular weight excluding hydrogens is 210 g/mol. The Labute approximate surface area is 107 Å². The van der Waals surface area contributed by atoms with Crippen molar-refractivity contribution in [1.82, 2.24) is 15.1 Å². The molecule has 1 heterocycles. The van der Waals surface area contributed by atoms with Gasteiger partial charge in [-0.1, -0.05) is 27.7 Å². The first-order valence-electron chi connectivity index (χ1n) is 7.00. The highest BCUT2D eigenvalue weighted by atomic mass is 15.3. The van der Waals surface area contributed by atoms with Crippen LogP contribution in [0.4, 0.5) is 0 Å². The fourth-order valence-electron chi connectivity index (χ4n) is 3.15. The van der Waals surface area contributed by atoms with Crippen molar-refractivity contribution in [2.45, 2.75) is 33.7 Å². The summed E-state index contributed by atoms with van der Waals surface area (Å²) in [5.74, 6) is 0. The molecular formula is C14H29N3. The molecule has 0 aromatic carbocycles. The molecule has 0 aromatic heterocycles. The second kappa shape index (κ2) is 4.52. The van der Waals surface area contributed by atoms with Gasteiger partial charge in [-0.3, -0.25) is 4.90 Å². The smallest absolute Gasteiger partial charge is 0.0181 e. The molecule has 0 spiro atoms. The fourth-order valence-corrected chi connectivity index (χ4v) is 3.15. The summed E-state index contributed by atoms with van der Waals surface area (Å²) in [5, 5.41) is 3.74. The number of piperazine rings is 1. The molecule has 0 aromatic rings. The average molecular weight is 239 g/mol. The van der Waals surface area contributed by atoms with Crippen LogP contribution in [-0.2, 0) is 0 Å². The third-order valence-corrected chi connectivity index (χ3v) is 5.39. The largest absolute Gasteiger partial charge is 0.312 e. The number of nitrogens with one attached hydrogen (secondary N) is 1. The first kappa shape index (κ1) is 13.3. The van der Waals surface area contributed by atoms with Crippen molar-refractivity contribution in [3.8, 4) is 0 Å². The summed E-state index contributed by atoms with van der Waals surface area (Å²) in [6, 6.07) is 0.697. The SMILES string of the molecule is CN1CCN(CCNC2C(C)(C)C2(C)C)CC1. The third-order valence-electron chi connectivity index (χ3n) is 5.39. The van der Waals surface area contributed by atoms with E-state index in [-0.39, 0.29) is 0 Å². The zero-order valence-electron chi connectivity index (χ0n) is 12.2. The number of likely N-dealkylation sites (N-methyl/N-ethyl adjacent to an activating group) is 1. The van der Waals surface area contributed by atoms with Crippen LogP contribution in [-0.4, -0.2) is 62.2 Å². The van der Waals surface area contributed by atoms with Crippen molar-refractivity contribution in [2.24, 2.45) is 10.8 Å². The molecule has 1 saturated carbocycles. The number of nitrogens with zero attached hydrogens (tertiary/aromatic N) is 2. The van der Waals surface area contributed by atoms with E-state index >= 15 is 0 Å². The van der Waals surface area contributed by atoms with Gasteiger partial charge in [-0.25, -0.2) is 0 Å². The van der Waals surface area contributed by atoms with Crippen LogP contribution in [0.1, 0.15) is 27.7 Å². The molecule has 1 aliphatic heterocycles. The number of hydrogen-bond acceptors (Lipinski definition) is 3. The van der Waals surface area contributed by atoms with Crippen LogP contribution in [0.5, 0.6) is 0 Å². The Morgan fingerprint density at radius 3 is 2.00 bits per heavy atom. The standard InChI is InChI=1S/C14H29N3/c1-13(2)12(14(13,3)4)15-6-7-17-10-8-16(5)9-11-17/h12,15H,6-11H2,1-5H3. The highest BCUT2D eigenvalue weighted by molar-refractivity contribution is 5.17. The molecule has 1 saturated heterocycles. The maximum absolute atomic E-state index is 3.74. The Kier molecular flexibility index (Phi) is 3.54. The van der Waals surface area contributed by atoms with E-state index in [4.69, 9.17) is 0 Å². The monoisotopic (exact) mass is 239 g/mol. The minimum Gasteiger partial charge on any atom is -0.312 e. The fraction of sp³-hybridized carbons (Fsp3) is 1.00. The first-order valence-corrected chi connectivity index (χ1v) is 7.00. The van der Waals surface area contributed by atoms with Gasteiger partial charge in [0.15, 0.2) is 0 Å². The summed E-state index contributed by atoms with van der Waals surface area (Å²) < 4.78 is 0. The molecule has 2 fully saturated rings. The molecule has 0 radical (unpaired) electrons. The lowest BCUT2D eigenvalue weighted by Crippen LogP contribution is -2.46. The molecule has 2 rings (SSSR count). The van der Waals surface area contributed by atoms with Crippen LogP contribution in [0, 0.1) is 10.8 Å². The van der Waals surface area contributed by atoms with Crippen LogP contribution < -0.4 is 5.32 Å². The number of rotatable bonds is 4. The molecule has 0 amide bonds. The van der Waals surface area contributed by atoms with E-state index < -0.39 is 0 Å². The summed E-state index contributed by atoms with van der Waals surface area (Å²) in [6.07, 6.45) is 0. The van der Waals surface area contributed by atoms with E-state index in [2.05, 4.69) is 49.9 Å². The molecule has 3 nitrogen and oxygen atoms in total. The molecule has 0 unspecified atom stereocenters. The second-order valence-corrected chi connectivity index (χ2v) is 6.98. The van der Waals surface area contributed by atoms with Gasteiger partial charge in [0.2, 0.25) is 0 Å². The highest BCUT2D eigenvalue weighted by Crippen LogP contribution is 2.62. The van der Waals surface area contributed by atoms with Crippen LogP contribution in [0.25, 0.3) is 0 Å². The maximum Gasteiger partial charge on any atom is 0.0181 e. The quantitative estimate of drug-likeness (QED) is 0.797. The Balaban J connectivity index is 1.65. The molecule has 1 N–H and O–H groups in total. The van der Waals surface area contributed by atoms with Crippen LogP contribution >= 0.6 is 0 Å². The van der Waals surface area contributed by atoms with E-state index in [1.54, 1.807) is 0 Å². The van der Waals surface area contributed by atoms with E-state index in [0.29, 0.717) is 16.9 Å². The van der Waals surface area contributed by atoms with Crippen molar-refractivity contribution in [1.29, 1.82) is 0 Å². The summed E-state index contributed by atoms with van der Waals surface area (Å²) >= 11 is 0. The Morgan fingerprint density at radius 2 is 1.53 bits per heavy atom. The van der Waals surface area contributed by atoms with Crippen molar-refractivity contribution in [3.63, 3.8) is 0 Å². The van der Waals surface area contributed by atoms with Gasteiger partial charge in [0.25, 0.3) is 0 Å². The highest BCUT2D eigenvalue weighted by Gasteiger charge is 2.64. The molecule has 0 atom stereocenters. The summed E-state index contributed by atoms with van der Waals surface area (Å²) in [4.78, 5) is 4.99. The summed E-state index contributed by atoms with van der Waals surface area (Å²) in [5.41, 5.74) is 0.935. The van der Waals surface area contributed by atoms with Crippen molar-refractivity contribution < 1.29 is 0 Å². The Hall–Kier alpha value is -0.120. The third kappa shape index (κ3) is 2.51. The minimum atomic E-state index is 0.467. The van der Waals surface area contributed by atoms with E-state index in [0.717, 1.165) is 6.54 Å². The van der Waals surface area contributed by atoms with Crippen molar-refractivity contribution >= 4 is 0 Å². The van der Waals surface area contributed by atoms with Gasteiger partial charge in [0, 0.05) is 45.3 Å². The maximum atomic E-state index is 3.74. The van der Waals surface area contributed by atoms with Gasteiger partial charge >= 0.3 is 0 Å². The minimum absolute atomic E-state index is 0.467. The molecule has 3 heteroatoms. The zero-order valence-corrected chi connectivity index (χ0v) is 12.2. The molecule has 1 aliphatic carbocycles. The Morgan fingerprint density at radius 1 is 1.00 bits per heavy atom. The van der Waals surface area contributed by atoms with E-state index in [1.165, 1.54) is 32.7 Å². The van der Waals surface area contributed by atoms with Gasteiger partial charge in [-0.05, 0) is 17.9 Å². The second-order valence-electron chi connectivity index (χ2n) is 6.98.